The molecule has 2 aromatic rings. The molecule has 0 bridgehead atoms. The highest BCUT2D eigenvalue weighted by atomic mass is 19.1. The van der Waals surface area contributed by atoms with Crippen LogP contribution in [-0.2, 0) is 6.54 Å². The lowest BCUT2D eigenvalue weighted by molar-refractivity contribution is 0.0446. The lowest BCUT2D eigenvalue weighted by atomic mass is 10.1. The van der Waals surface area contributed by atoms with Gasteiger partial charge in [0, 0.05) is 39.3 Å². The molecule has 0 aromatic heterocycles. The Kier molecular flexibility index (Phi) is 5.95. The number of aliphatic hydroxyl groups excluding tert-OH is 1. The number of benzene rings is 2. The average molecular weight is 388 g/mol. The van der Waals surface area contributed by atoms with Crippen LogP contribution in [-0.4, -0.2) is 67.1 Å². The van der Waals surface area contributed by atoms with E-state index in [1.807, 2.05) is 12.1 Å². The summed E-state index contributed by atoms with van der Waals surface area (Å²) in [6.07, 6.45) is -0.578. The van der Waals surface area contributed by atoms with Crippen LogP contribution in [0.3, 0.4) is 0 Å². The van der Waals surface area contributed by atoms with Crippen molar-refractivity contribution < 1.29 is 23.7 Å². The Morgan fingerprint density at radius 1 is 0.964 bits per heavy atom. The van der Waals surface area contributed by atoms with Gasteiger partial charge in [0.05, 0.1) is 0 Å². The van der Waals surface area contributed by atoms with E-state index >= 15 is 0 Å². The maximum Gasteiger partial charge on any atom is 0.231 e. The molecular formula is C21H25FN2O4. The molecule has 1 fully saturated rings. The van der Waals surface area contributed by atoms with Crippen molar-refractivity contribution in [2.24, 2.45) is 0 Å². The van der Waals surface area contributed by atoms with E-state index in [0.29, 0.717) is 19.1 Å². The van der Waals surface area contributed by atoms with Crippen LogP contribution in [0.15, 0.2) is 42.5 Å². The molecule has 4 rings (SSSR count). The molecule has 0 radical (unpaired) electrons. The molecule has 0 spiro atoms. The summed E-state index contributed by atoms with van der Waals surface area (Å²) in [6.45, 7) is 5.63. The quantitative estimate of drug-likeness (QED) is 0.784. The second-order valence-electron chi connectivity index (χ2n) is 7.18. The minimum atomic E-state index is -0.578. The number of aliphatic hydroxyl groups is 1. The number of hydrogen-bond acceptors (Lipinski definition) is 6. The van der Waals surface area contributed by atoms with E-state index in [2.05, 4.69) is 15.9 Å². The molecule has 2 aliphatic rings. The van der Waals surface area contributed by atoms with Gasteiger partial charge in [0.2, 0.25) is 6.79 Å². The van der Waals surface area contributed by atoms with Crippen LogP contribution in [0, 0.1) is 5.82 Å². The average Bonchev–Trinajstić information content (AvgIpc) is 3.17. The molecule has 2 aromatic carbocycles. The van der Waals surface area contributed by atoms with Crippen LogP contribution in [0.25, 0.3) is 0 Å². The number of nitrogens with zero attached hydrogens (tertiary/aromatic N) is 2. The van der Waals surface area contributed by atoms with Gasteiger partial charge in [0.15, 0.2) is 11.5 Å². The van der Waals surface area contributed by atoms with E-state index in [1.165, 1.54) is 17.7 Å². The second kappa shape index (κ2) is 8.77. The maximum absolute atomic E-state index is 12.9. The molecule has 0 unspecified atom stereocenters. The number of piperazine rings is 1. The van der Waals surface area contributed by atoms with Crippen LogP contribution in [0.2, 0.25) is 0 Å². The van der Waals surface area contributed by atoms with E-state index in [9.17, 15) is 9.50 Å². The van der Waals surface area contributed by atoms with Crippen molar-refractivity contribution in [2.45, 2.75) is 12.6 Å². The number of fused-ring (bicyclic) bond motifs is 1. The first-order chi connectivity index (χ1) is 13.7. The number of β-amino-alcohol motifs (C(OH)–C–C–N with tert-alkyl or cyclic N) is 1. The van der Waals surface area contributed by atoms with Crippen molar-refractivity contribution in [1.29, 1.82) is 0 Å². The van der Waals surface area contributed by atoms with Crippen molar-refractivity contribution in [3.8, 4) is 17.2 Å². The van der Waals surface area contributed by atoms with E-state index in [1.54, 1.807) is 12.1 Å². The summed E-state index contributed by atoms with van der Waals surface area (Å²) in [5.41, 5.74) is 1.21. The fraction of sp³-hybridized carbons (Fsp3) is 0.429. The number of rotatable bonds is 7. The molecule has 2 aliphatic heterocycles. The lowest BCUT2D eigenvalue weighted by Crippen LogP contribution is -2.48. The first kappa shape index (κ1) is 19.0. The molecule has 0 aliphatic carbocycles. The normalized spacial score (nSPS) is 18.2. The Labute approximate surface area is 164 Å². The maximum atomic E-state index is 12.9. The zero-order valence-electron chi connectivity index (χ0n) is 15.7. The van der Waals surface area contributed by atoms with Gasteiger partial charge in [-0.15, -0.1) is 0 Å². The highest BCUT2D eigenvalue weighted by Crippen LogP contribution is 2.32. The summed E-state index contributed by atoms with van der Waals surface area (Å²) in [4.78, 5) is 4.64. The van der Waals surface area contributed by atoms with E-state index in [-0.39, 0.29) is 12.4 Å². The third-order valence-corrected chi connectivity index (χ3v) is 5.03. The number of halogens is 1. The molecular weight excluding hydrogens is 363 g/mol. The molecule has 1 N–H and O–H groups in total. The van der Waals surface area contributed by atoms with Gasteiger partial charge in [-0.1, -0.05) is 6.07 Å². The Morgan fingerprint density at radius 3 is 2.46 bits per heavy atom. The van der Waals surface area contributed by atoms with Gasteiger partial charge in [0.25, 0.3) is 0 Å². The summed E-state index contributed by atoms with van der Waals surface area (Å²) >= 11 is 0. The van der Waals surface area contributed by atoms with Crippen molar-refractivity contribution in [3.05, 3.63) is 53.8 Å². The van der Waals surface area contributed by atoms with Crippen LogP contribution < -0.4 is 14.2 Å². The zero-order chi connectivity index (χ0) is 19.3. The van der Waals surface area contributed by atoms with Crippen LogP contribution in [0.1, 0.15) is 5.56 Å². The van der Waals surface area contributed by atoms with Crippen LogP contribution in [0.5, 0.6) is 17.2 Å². The number of hydrogen-bond donors (Lipinski definition) is 1. The minimum absolute atomic E-state index is 0.197. The third-order valence-electron chi connectivity index (χ3n) is 5.03. The van der Waals surface area contributed by atoms with Crippen molar-refractivity contribution in [1.82, 2.24) is 9.80 Å². The lowest BCUT2D eigenvalue weighted by Gasteiger charge is -2.35. The van der Waals surface area contributed by atoms with E-state index in [4.69, 9.17) is 14.2 Å². The predicted octanol–water partition coefficient (Wildman–Crippen LogP) is 2.11. The fourth-order valence-corrected chi connectivity index (χ4v) is 3.50. The fourth-order valence-electron chi connectivity index (χ4n) is 3.50. The van der Waals surface area contributed by atoms with Gasteiger partial charge in [0.1, 0.15) is 24.3 Å². The molecule has 0 saturated carbocycles. The topological polar surface area (TPSA) is 54.4 Å². The standard InChI is InChI=1S/C21H25FN2O4/c22-17-2-4-19(5-3-17)26-14-18(25)13-24-9-7-23(8-10-24)12-16-1-6-20-21(11-16)28-15-27-20/h1-6,11,18,25H,7-10,12-15H2/t18-/m1/s1. The smallest absolute Gasteiger partial charge is 0.231 e. The van der Waals surface area contributed by atoms with Gasteiger partial charge < -0.3 is 19.3 Å². The monoisotopic (exact) mass is 388 g/mol. The zero-order valence-corrected chi connectivity index (χ0v) is 15.7. The molecule has 1 saturated heterocycles. The molecule has 6 nitrogen and oxygen atoms in total. The predicted molar refractivity (Wildman–Crippen MR) is 102 cm³/mol. The Bertz CT molecular complexity index is 778. The summed E-state index contributed by atoms with van der Waals surface area (Å²) in [5, 5.41) is 10.2. The molecule has 7 heteroatoms. The first-order valence-electron chi connectivity index (χ1n) is 9.55. The van der Waals surface area contributed by atoms with Crippen molar-refractivity contribution in [3.63, 3.8) is 0 Å². The molecule has 150 valence electrons. The highest BCUT2D eigenvalue weighted by Gasteiger charge is 2.20. The molecule has 0 amide bonds. The Balaban J connectivity index is 1.18. The first-order valence-corrected chi connectivity index (χ1v) is 9.55. The number of ether oxygens (including phenoxy) is 3. The van der Waals surface area contributed by atoms with Crippen LogP contribution >= 0.6 is 0 Å². The van der Waals surface area contributed by atoms with E-state index in [0.717, 1.165) is 44.2 Å². The highest BCUT2D eigenvalue weighted by molar-refractivity contribution is 5.44. The van der Waals surface area contributed by atoms with Gasteiger partial charge in [-0.25, -0.2) is 4.39 Å². The second-order valence-corrected chi connectivity index (χ2v) is 7.18. The SMILES string of the molecule is O[C@@H](COc1ccc(F)cc1)CN1CCN(Cc2ccc3c(c2)OCO3)CC1. The largest absolute Gasteiger partial charge is 0.491 e. The van der Waals surface area contributed by atoms with Crippen molar-refractivity contribution in [2.75, 3.05) is 46.1 Å². The molecule has 1 atom stereocenters. The summed E-state index contributed by atoms with van der Waals surface area (Å²) in [7, 11) is 0. The Hall–Kier alpha value is -2.35. The van der Waals surface area contributed by atoms with Crippen molar-refractivity contribution >= 4 is 0 Å². The van der Waals surface area contributed by atoms with Gasteiger partial charge in [-0.3, -0.25) is 9.80 Å². The third kappa shape index (κ3) is 4.92. The van der Waals surface area contributed by atoms with Gasteiger partial charge in [-0.2, -0.15) is 0 Å². The molecule has 2 heterocycles. The van der Waals surface area contributed by atoms with E-state index < -0.39 is 6.10 Å². The van der Waals surface area contributed by atoms with Gasteiger partial charge >= 0.3 is 0 Å². The summed E-state index contributed by atoms with van der Waals surface area (Å²) < 4.78 is 29.2. The van der Waals surface area contributed by atoms with Gasteiger partial charge in [-0.05, 0) is 42.0 Å². The summed E-state index contributed by atoms with van der Waals surface area (Å²) in [5.74, 6) is 1.89. The summed E-state index contributed by atoms with van der Waals surface area (Å²) in [6, 6.07) is 11.9. The van der Waals surface area contributed by atoms with Crippen LogP contribution in [0.4, 0.5) is 4.39 Å². The Morgan fingerprint density at radius 2 is 1.68 bits per heavy atom. The minimum Gasteiger partial charge on any atom is -0.491 e. The molecule has 28 heavy (non-hydrogen) atoms.